The van der Waals surface area contributed by atoms with Crippen LogP contribution >= 0.6 is 0 Å². The zero-order chi connectivity index (χ0) is 24.7. The first kappa shape index (κ1) is 23.6. The predicted octanol–water partition coefficient (Wildman–Crippen LogP) is 3.75. The topological polar surface area (TPSA) is 101 Å². The number of alkyl halides is 6. The highest BCUT2D eigenvalue weighted by atomic mass is 19.4. The molecular weight excluding hydrogens is 472 g/mol. The molecule has 3 aromatic rings. The Labute approximate surface area is 187 Å². The van der Waals surface area contributed by atoms with Crippen LogP contribution in [0.2, 0.25) is 0 Å². The van der Waals surface area contributed by atoms with Crippen molar-refractivity contribution in [3.05, 3.63) is 36.0 Å². The number of nitrogens with zero attached hydrogens (tertiary/aromatic N) is 3. The molecule has 2 aromatic heterocycles. The third-order valence-corrected chi connectivity index (χ3v) is 5.17. The molecule has 8 nitrogen and oxygen atoms in total. The summed E-state index contributed by atoms with van der Waals surface area (Å²) >= 11 is 0. The normalized spacial score (nSPS) is 17.1. The lowest BCUT2D eigenvalue weighted by Crippen LogP contribution is -2.39. The summed E-state index contributed by atoms with van der Waals surface area (Å²) in [5.74, 6) is -4.73. The van der Waals surface area contributed by atoms with Crippen molar-refractivity contribution in [2.24, 2.45) is 0 Å². The molecule has 1 aromatic carbocycles. The molecule has 3 heterocycles. The van der Waals surface area contributed by atoms with E-state index in [1.165, 1.54) is 10.5 Å². The summed E-state index contributed by atoms with van der Waals surface area (Å²) in [6.45, 7) is 1.53. The highest BCUT2D eigenvalue weighted by Gasteiger charge is 2.43. The molecule has 3 N–H and O–H groups in total. The molecule has 1 fully saturated rings. The lowest BCUT2D eigenvalue weighted by molar-refractivity contribution is -0.189. The van der Waals surface area contributed by atoms with Crippen LogP contribution in [0.15, 0.2) is 30.5 Å². The Kier molecular flexibility index (Phi) is 6.02. The fraction of sp³-hybridized carbons (Fsp3) is 0.350. The summed E-state index contributed by atoms with van der Waals surface area (Å²) in [5, 5.41) is 24.7. The quantitative estimate of drug-likeness (QED) is 0.292. The van der Waals surface area contributed by atoms with Gasteiger partial charge in [0.15, 0.2) is 0 Å². The van der Waals surface area contributed by atoms with Gasteiger partial charge < -0.3 is 20.5 Å². The zero-order valence-corrected chi connectivity index (χ0v) is 17.2. The number of hydrogen-bond acceptors (Lipinski definition) is 7. The van der Waals surface area contributed by atoms with Gasteiger partial charge in [-0.15, -0.1) is 10.2 Å². The van der Waals surface area contributed by atoms with Crippen LogP contribution < -0.4 is 15.4 Å². The molecule has 34 heavy (non-hydrogen) atoms. The first-order chi connectivity index (χ1) is 15.9. The Hall–Kier alpha value is -3.55. The summed E-state index contributed by atoms with van der Waals surface area (Å²) in [7, 11) is 0. The number of halogens is 6. The summed E-state index contributed by atoms with van der Waals surface area (Å²) in [5.41, 5.74) is -2.25. The highest BCUT2D eigenvalue weighted by Crippen LogP contribution is 2.44. The molecule has 1 saturated heterocycles. The number of aromatic hydroxyl groups is 1. The Balaban J connectivity index is 1.83. The molecule has 0 amide bonds. The molecule has 0 spiro atoms. The maximum Gasteiger partial charge on any atom is 0.491 e. The number of aromatic nitrogens is 3. The number of phenolic OH excluding ortho intramolecular Hbond substituents is 1. The Bertz CT molecular complexity index is 1220. The lowest BCUT2D eigenvalue weighted by atomic mass is 10.0. The van der Waals surface area contributed by atoms with Gasteiger partial charge in [-0.2, -0.15) is 26.3 Å². The van der Waals surface area contributed by atoms with E-state index < -0.39 is 40.9 Å². The highest BCUT2D eigenvalue weighted by molar-refractivity contribution is 5.88. The number of piperidine rings is 1. The second-order valence-electron chi connectivity index (χ2n) is 7.58. The molecule has 1 aliphatic rings. The first-order valence-electron chi connectivity index (χ1n) is 9.99. The van der Waals surface area contributed by atoms with Crippen LogP contribution in [0, 0.1) is 0 Å². The minimum Gasteiger partial charge on any atom is -0.507 e. The van der Waals surface area contributed by atoms with Crippen molar-refractivity contribution in [1.82, 2.24) is 19.9 Å². The van der Waals surface area contributed by atoms with Crippen molar-refractivity contribution in [3.63, 3.8) is 0 Å². The number of anilines is 1. The van der Waals surface area contributed by atoms with Crippen LogP contribution in [0.5, 0.6) is 11.5 Å². The van der Waals surface area contributed by atoms with E-state index in [2.05, 4.69) is 25.6 Å². The molecule has 0 bridgehead atoms. The number of esters is 1. The molecular formula is C20H17F6N5O3. The van der Waals surface area contributed by atoms with Crippen molar-refractivity contribution in [1.29, 1.82) is 0 Å². The molecule has 0 aliphatic carbocycles. The minimum absolute atomic E-state index is 0.0160. The molecule has 0 unspecified atom stereocenters. The van der Waals surface area contributed by atoms with Crippen molar-refractivity contribution < 1.29 is 41.0 Å². The first-order valence-corrected chi connectivity index (χ1v) is 9.99. The van der Waals surface area contributed by atoms with Crippen molar-refractivity contribution in [2.45, 2.75) is 31.2 Å². The van der Waals surface area contributed by atoms with Crippen LogP contribution in [-0.4, -0.2) is 51.0 Å². The van der Waals surface area contributed by atoms with Crippen LogP contribution in [-0.2, 0) is 11.0 Å². The monoisotopic (exact) mass is 489 g/mol. The van der Waals surface area contributed by atoms with Gasteiger partial charge >= 0.3 is 18.3 Å². The number of rotatable bonds is 4. The molecule has 0 saturated carbocycles. The molecule has 4 rings (SSSR count). The standard InChI is InChI=1S/C20H17F6N5O3/c21-19(22,23)10-7-13(32)15(14(8-10)34-17(33)20(24,25)26)16-12-4-2-6-31(12)18(30-29-16)28-11-3-1-5-27-9-11/h2,4,6-8,11,27,32H,1,3,5,9H2,(H,28,30)/t11-/m1/s1. The van der Waals surface area contributed by atoms with Crippen molar-refractivity contribution in [2.75, 3.05) is 18.4 Å². The average Bonchev–Trinajstić information content (AvgIpc) is 3.24. The number of carbonyl (C=O) groups excluding carboxylic acids is 1. The van der Waals surface area contributed by atoms with Crippen LogP contribution in [0.25, 0.3) is 16.8 Å². The summed E-state index contributed by atoms with van der Waals surface area (Å²) in [4.78, 5) is 11.4. The molecule has 1 atom stereocenters. The third-order valence-electron chi connectivity index (χ3n) is 5.17. The number of nitrogens with one attached hydrogen (secondary N) is 2. The summed E-state index contributed by atoms with van der Waals surface area (Å²) in [6, 6.07) is 3.54. The van der Waals surface area contributed by atoms with Gasteiger partial charge in [0.05, 0.1) is 16.6 Å². The number of hydrogen-bond donors (Lipinski definition) is 3. The van der Waals surface area contributed by atoms with Gasteiger partial charge in [-0.05, 0) is 43.7 Å². The van der Waals surface area contributed by atoms with Crippen LogP contribution in [0.4, 0.5) is 32.3 Å². The van der Waals surface area contributed by atoms with Gasteiger partial charge in [0, 0.05) is 18.8 Å². The minimum atomic E-state index is -5.49. The summed E-state index contributed by atoms with van der Waals surface area (Å²) in [6.07, 6.45) is -7.21. The van der Waals surface area contributed by atoms with Gasteiger partial charge in [-0.1, -0.05) is 0 Å². The number of phenols is 1. The average molecular weight is 489 g/mol. The zero-order valence-electron chi connectivity index (χ0n) is 17.2. The summed E-state index contributed by atoms with van der Waals surface area (Å²) < 4.78 is 83.7. The van der Waals surface area contributed by atoms with E-state index in [9.17, 15) is 36.2 Å². The smallest absolute Gasteiger partial charge is 0.491 e. The van der Waals surface area contributed by atoms with Gasteiger partial charge in [0.1, 0.15) is 17.2 Å². The second kappa shape index (κ2) is 8.66. The molecule has 0 radical (unpaired) electrons. The van der Waals surface area contributed by atoms with Crippen molar-refractivity contribution in [3.8, 4) is 22.8 Å². The molecule has 14 heteroatoms. The van der Waals surface area contributed by atoms with E-state index in [1.54, 1.807) is 12.3 Å². The molecule has 182 valence electrons. The lowest BCUT2D eigenvalue weighted by Gasteiger charge is -2.24. The Morgan fingerprint density at radius 1 is 1.21 bits per heavy atom. The SMILES string of the molecule is O=C(Oc1cc(C(F)(F)F)cc(O)c1-c1nnc(N[C@@H]2CCCNC2)n2cccc12)C(F)(F)F. The second-order valence-corrected chi connectivity index (χ2v) is 7.58. The van der Waals surface area contributed by atoms with E-state index in [1.807, 2.05) is 0 Å². The van der Waals surface area contributed by atoms with E-state index in [0.29, 0.717) is 12.6 Å². The van der Waals surface area contributed by atoms with E-state index in [0.717, 1.165) is 19.4 Å². The Morgan fingerprint density at radius 3 is 2.62 bits per heavy atom. The van der Waals surface area contributed by atoms with Gasteiger partial charge in [0.25, 0.3) is 0 Å². The van der Waals surface area contributed by atoms with Gasteiger partial charge in [-0.25, -0.2) is 4.79 Å². The van der Waals surface area contributed by atoms with E-state index in [-0.39, 0.29) is 29.3 Å². The Morgan fingerprint density at radius 2 is 1.97 bits per heavy atom. The molecule has 1 aliphatic heterocycles. The maximum atomic E-state index is 13.2. The largest absolute Gasteiger partial charge is 0.507 e. The predicted molar refractivity (Wildman–Crippen MR) is 106 cm³/mol. The maximum absolute atomic E-state index is 13.2. The van der Waals surface area contributed by atoms with E-state index in [4.69, 9.17) is 0 Å². The fourth-order valence-electron chi connectivity index (χ4n) is 3.63. The number of fused-ring (bicyclic) bond motifs is 1. The van der Waals surface area contributed by atoms with E-state index >= 15 is 0 Å². The number of benzene rings is 1. The van der Waals surface area contributed by atoms with Crippen molar-refractivity contribution >= 4 is 17.4 Å². The van der Waals surface area contributed by atoms with Crippen LogP contribution in [0.3, 0.4) is 0 Å². The van der Waals surface area contributed by atoms with Crippen LogP contribution in [0.1, 0.15) is 18.4 Å². The van der Waals surface area contributed by atoms with Gasteiger partial charge in [-0.3, -0.25) is 4.40 Å². The number of ether oxygens (including phenoxy) is 1. The fourth-order valence-corrected chi connectivity index (χ4v) is 3.63. The number of carbonyl (C=O) groups is 1. The third kappa shape index (κ3) is 4.71. The van der Waals surface area contributed by atoms with Gasteiger partial charge in [0.2, 0.25) is 5.95 Å².